The van der Waals surface area contributed by atoms with E-state index >= 15 is 0 Å². The van der Waals surface area contributed by atoms with E-state index in [4.69, 9.17) is 5.73 Å². The van der Waals surface area contributed by atoms with Crippen molar-refractivity contribution in [3.63, 3.8) is 0 Å². The zero-order valence-corrected chi connectivity index (χ0v) is 27.3. The van der Waals surface area contributed by atoms with Crippen LogP contribution < -0.4 is 21.3 Å². The second-order valence-electron chi connectivity index (χ2n) is 13.5. The molecular weight excluding hydrogens is 606 g/mol. The number of carbonyl (C=O) groups is 6. The third-order valence-electron chi connectivity index (χ3n) is 9.87. The fourth-order valence-electron chi connectivity index (χ4n) is 7.54. The van der Waals surface area contributed by atoms with Crippen molar-refractivity contribution in [1.82, 2.24) is 10.2 Å². The van der Waals surface area contributed by atoms with E-state index < -0.39 is 76.1 Å². The van der Waals surface area contributed by atoms with Crippen LogP contribution in [0.1, 0.15) is 53.2 Å². The number of primary amides is 1. The van der Waals surface area contributed by atoms with E-state index in [1.54, 1.807) is 37.2 Å². The fraction of sp³-hybridized carbons (Fsp3) is 0.471. The zero-order chi connectivity index (χ0) is 34.7. The number of likely N-dealkylation sites (N-methyl/N-ethyl adjacent to an activating group) is 1. The molecule has 2 fully saturated rings. The average Bonchev–Trinajstić information content (AvgIpc) is 2.98. The number of hydrogen-bond acceptors (Lipinski definition) is 10. The number of phenols is 1. The molecule has 0 aromatic heterocycles. The van der Waals surface area contributed by atoms with Crippen LogP contribution in [0.25, 0.3) is 0 Å². The van der Waals surface area contributed by atoms with Gasteiger partial charge in [-0.2, -0.15) is 0 Å². The van der Waals surface area contributed by atoms with Gasteiger partial charge in [-0.1, -0.05) is 26.0 Å². The number of carbonyl (C=O) groups excluding carboxylic acids is 6. The van der Waals surface area contributed by atoms with Crippen LogP contribution in [-0.2, 0) is 32.1 Å². The molecule has 47 heavy (non-hydrogen) atoms. The summed E-state index contributed by atoms with van der Waals surface area (Å²) >= 11 is 0. The Balaban J connectivity index is 1.48. The summed E-state index contributed by atoms with van der Waals surface area (Å²) in [5.41, 5.74) is 5.39. The predicted molar refractivity (Wildman–Crippen MR) is 172 cm³/mol. The predicted octanol–water partition coefficient (Wildman–Crippen LogP) is 1.38. The van der Waals surface area contributed by atoms with Crippen molar-refractivity contribution in [3.8, 4) is 5.75 Å². The molecule has 0 bridgehead atoms. The molecule has 3 amide bonds. The molecule has 0 aliphatic heterocycles. The number of rotatable bonds is 7. The van der Waals surface area contributed by atoms with Crippen molar-refractivity contribution >= 4 is 46.4 Å². The Kier molecular flexibility index (Phi) is 8.75. The molecule has 3 aliphatic carbocycles. The summed E-state index contributed by atoms with van der Waals surface area (Å²) in [7, 11) is 6.58. The lowest BCUT2D eigenvalue weighted by Crippen LogP contribution is -2.74. The number of urea groups is 1. The zero-order valence-electron chi connectivity index (χ0n) is 27.3. The molecule has 0 heterocycles. The van der Waals surface area contributed by atoms with Crippen LogP contribution in [0.5, 0.6) is 5.75 Å². The van der Waals surface area contributed by atoms with Gasteiger partial charge in [0, 0.05) is 43.5 Å². The van der Waals surface area contributed by atoms with Crippen LogP contribution in [0, 0.1) is 23.7 Å². The van der Waals surface area contributed by atoms with Crippen molar-refractivity contribution < 1.29 is 39.0 Å². The molecule has 250 valence electrons. The summed E-state index contributed by atoms with van der Waals surface area (Å²) in [5.74, 6) is -10.9. The highest BCUT2D eigenvalue weighted by atomic mass is 16.3. The Bertz CT molecular complexity index is 1680. The number of nitrogens with one attached hydrogen (secondary N) is 2. The number of phenolic OH excluding ortho intramolecular Hbond substituents is 1. The lowest BCUT2D eigenvalue weighted by molar-refractivity contribution is -0.181. The molecule has 0 spiro atoms. The number of nitrogens with two attached hydrogens (primary N) is 1. The van der Waals surface area contributed by atoms with Crippen LogP contribution in [-0.4, -0.2) is 90.0 Å². The van der Waals surface area contributed by atoms with E-state index in [9.17, 15) is 39.0 Å². The molecule has 2 aromatic carbocycles. The van der Waals surface area contributed by atoms with E-state index in [2.05, 4.69) is 24.5 Å². The minimum absolute atomic E-state index is 0.0425. The van der Waals surface area contributed by atoms with Crippen LogP contribution in [0.15, 0.2) is 30.3 Å². The Morgan fingerprint density at radius 2 is 1.68 bits per heavy atom. The largest absolute Gasteiger partial charge is 0.507 e. The van der Waals surface area contributed by atoms with Gasteiger partial charge in [0.1, 0.15) is 5.75 Å². The molecular formula is C34H41N5O8. The molecule has 0 saturated heterocycles. The average molecular weight is 648 g/mol. The molecule has 3 aliphatic rings. The van der Waals surface area contributed by atoms with Gasteiger partial charge in [0.2, 0.25) is 5.91 Å². The van der Waals surface area contributed by atoms with Gasteiger partial charge in [-0.05, 0) is 68.1 Å². The summed E-state index contributed by atoms with van der Waals surface area (Å²) in [4.78, 5) is 83.3. The Morgan fingerprint density at radius 3 is 2.23 bits per heavy atom. The maximum absolute atomic E-state index is 14.2. The minimum Gasteiger partial charge on any atom is -0.507 e. The van der Waals surface area contributed by atoms with Crippen molar-refractivity contribution in [3.05, 3.63) is 52.6 Å². The number of ketones is 4. The first-order chi connectivity index (χ1) is 22.0. The second-order valence-corrected chi connectivity index (χ2v) is 13.5. The second kappa shape index (κ2) is 12.2. The van der Waals surface area contributed by atoms with E-state index in [1.807, 2.05) is 12.1 Å². The van der Waals surface area contributed by atoms with Gasteiger partial charge in [-0.3, -0.25) is 28.9 Å². The van der Waals surface area contributed by atoms with Crippen molar-refractivity contribution in [2.45, 2.75) is 50.8 Å². The van der Waals surface area contributed by atoms with Crippen LogP contribution in [0.4, 0.5) is 16.2 Å². The van der Waals surface area contributed by atoms with E-state index in [1.165, 1.54) is 19.0 Å². The number of Topliss-reactive ketones (excluding diaryl/α,β-unsaturated/α-hetero) is 4. The van der Waals surface area contributed by atoms with Gasteiger partial charge in [0.15, 0.2) is 34.7 Å². The van der Waals surface area contributed by atoms with Crippen LogP contribution in [0.2, 0.25) is 0 Å². The molecule has 2 aromatic rings. The first kappa shape index (κ1) is 33.7. The maximum atomic E-state index is 14.2. The third kappa shape index (κ3) is 5.46. The maximum Gasteiger partial charge on any atom is 0.319 e. The SMILES string of the molecule is CC(C)c1ccc(NC(=O)NCc2cc(N(C)C)c3c(c2O)C(=O)C2C(=O)[C@]4(O)C(=O)C(C(N)=O)C(=O)[C@@H](N(C)C)[C@@H]4C[C@@H]2C3)cc1. The topological polar surface area (TPSA) is 199 Å². The quantitative estimate of drug-likeness (QED) is 0.274. The molecule has 2 unspecified atom stereocenters. The highest BCUT2D eigenvalue weighted by Crippen LogP contribution is 2.52. The number of aromatic hydroxyl groups is 1. The van der Waals surface area contributed by atoms with Gasteiger partial charge in [0.25, 0.3) is 0 Å². The lowest BCUT2D eigenvalue weighted by atomic mass is 9.52. The number of nitrogens with zero attached hydrogens (tertiary/aromatic N) is 2. The summed E-state index contributed by atoms with van der Waals surface area (Å²) in [6.07, 6.45) is 0.0899. The monoisotopic (exact) mass is 647 g/mol. The highest BCUT2D eigenvalue weighted by molar-refractivity contribution is 6.32. The Morgan fingerprint density at radius 1 is 1.04 bits per heavy atom. The summed E-state index contributed by atoms with van der Waals surface area (Å²) < 4.78 is 0. The van der Waals surface area contributed by atoms with Crippen molar-refractivity contribution in [2.75, 3.05) is 38.4 Å². The van der Waals surface area contributed by atoms with E-state index in [-0.39, 0.29) is 30.5 Å². The van der Waals surface area contributed by atoms with Gasteiger partial charge in [-0.15, -0.1) is 0 Å². The lowest BCUT2D eigenvalue weighted by Gasteiger charge is -2.52. The minimum atomic E-state index is -2.80. The van der Waals surface area contributed by atoms with Gasteiger partial charge in [0.05, 0.1) is 17.5 Å². The standard InChI is InChI=1S/C34H41N5O8/c1-15(2)16-7-9-19(10-8-16)37-33(46)36-14-18-13-22(38(3)4)20-11-17-12-21-26(39(5)6)29(42)25(32(35)45)31(44)34(21,47)30(43)23(17)28(41)24(20)27(18)40/h7-10,13,15,17,21,23,25-26,40,47H,11-12,14H2,1-6H3,(H2,35,45)(H2,36,37,46)/t17-,21-,23?,25?,26-,34-/m0/s1. The number of benzene rings is 2. The Labute approximate surface area is 272 Å². The Hall–Kier alpha value is -4.62. The third-order valence-corrected chi connectivity index (χ3v) is 9.87. The summed E-state index contributed by atoms with van der Waals surface area (Å²) in [5, 5.41) is 28.6. The molecule has 2 saturated carbocycles. The summed E-state index contributed by atoms with van der Waals surface area (Å²) in [6.45, 7) is 3.96. The fourth-order valence-corrected chi connectivity index (χ4v) is 7.54. The number of anilines is 2. The summed E-state index contributed by atoms with van der Waals surface area (Å²) in [6, 6.07) is 7.33. The van der Waals surface area contributed by atoms with Crippen LogP contribution in [0.3, 0.4) is 0 Å². The van der Waals surface area contributed by atoms with Crippen molar-refractivity contribution in [2.24, 2.45) is 29.4 Å². The normalized spacial score (nSPS) is 26.9. The van der Waals surface area contributed by atoms with Crippen LogP contribution >= 0.6 is 0 Å². The number of hydrogen-bond donors (Lipinski definition) is 5. The van der Waals surface area contributed by atoms with Gasteiger partial charge < -0.3 is 31.5 Å². The molecule has 5 rings (SSSR count). The number of amides is 3. The highest BCUT2D eigenvalue weighted by Gasteiger charge is 2.69. The van der Waals surface area contributed by atoms with Gasteiger partial charge >= 0.3 is 6.03 Å². The number of fused-ring (bicyclic) bond motifs is 3. The molecule has 6 N–H and O–H groups in total. The van der Waals surface area contributed by atoms with E-state index in [0.717, 1.165) is 5.56 Å². The smallest absolute Gasteiger partial charge is 0.319 e. The molecule has 6 atom stereocenters. The first-order valence-electron chi connectivity index (χ1n) is 15.5. The molecule has 0 radical (unpaired) electrons. The first-order valence-corrected chi connectivity index (χ1v) is 15.5. The molecule has 13 nitrogen and oxygen atoms in total. The van der Waals surface area contributed by atoms with Crippen molar-refractivity contribution in [1.29, 1.82) is 0 Å². The van der Waals surface area contributed by atoms with Gasteiger partial charge in [-0.25, -0.2) is 4.79 Å². The van der Waals surface area contributed by atoms with E-state index in [0.29, 0.717) is 22.9 Å². The number of aliphatic hydroxyl groups is 1. The molecule has 13 heteroatoms.